The minimum absolute atomic E-state index is 0. The van der Waals surface area contributed by atoms with Crippen LogP contribution in [0.25, 0.3) is 139 Å². The van der Waals surface area contributed by atoms with Crippen LogP contribution in [0.1, 0.15) is 37.5 Å². The molecule has 10 aromatic carbocycles. The van der Waals surface area contributed by atoms with Gasteiger partial charge in [0, 0.05) is 126 Å². The molecule has 0 aliphatic carbocycles. The number of furan rings is 1. The van der Waals surface area contributed by atoms with E-state index < -0.39 is 24.2 Å². The molecular weight excluding hydrogens is 2070 g/mol. The van der Waals surface area contributed by atoms with Gasteiger partial charge in [0.25, 0.3) is 0 Å². The molecule has 0 fully saturated rings. The van der Waals surface area contributed by atoms with Gasteiger partial charge in [-0.25, -0.2) is 0 Å². The van der Waals surface area contributed by atoms with Gasteiger partial charge in [0.1, 0.15) is 5.58 Å². The normalized spacial score (nSPS) is 11.1. The number of aryl methyl sites for hydroxylation is 3. The van der Waals surface area contributed by atoms with Gasteiger partial charge in [-0.1, -0.05) is 239 Å². The molecule has 0 unspecified atom stereocenters. The molecule has 9 nitrogen and oxygen atoms in total. The zero-order chi connectivity index (χ0) is 83.2. The Morgan fingerprint density at radius 1 is 0.352 bits per heavy atom. The third-order valence-corrected chi connectivity index (χ3v) is 27.3. The fourth-order valence-corrected chi connectivity index (χ4v) is 20.5. The second-order valence-electron chi connectivity index (χ2n) is 33.2. The van der Waals surface area contributed by atoms with Crippen LogP contribution in [0.3, 0.4) is 0 Å². The van der Waals surface area contributed by atoms with Gasteiger partial charge in [-0.15, -0.1) is 173 Å². The molecule has 19 aromatic rings. The molecule has 0 bridgehead atoms. The van der Waals surface area contributed by atoms with Crippen LogP contribution in [0, 0.1) is 56.2 Å². The Balaban J connectivity index is 0.000000148. The van der Waals surface area contributed by atoms with Crippen LogP contribution in [-0.2, 0) is 73.3 Å². The summed E-state index contributed by atoms with van der Waals surface area (Å²) in [7, 11) is -4.22. The van der Waals surface area contributed by atoms with E-state index in [0.29, 0.717) is 5.92 Å². The molecule has 619 valence electrons. The largest absolute Gasteiger partial charge is 0.501 e. The number of pyridine rings is 6. The Hall–Kier alpha value is -10.9. The Morgan fingerprint density at radius 2 is 0.795 bits per heavy atom. The third kappa shape index (κ3) is 21.8. The standard InChI is InChI=1S/C30H31N2Si.C23H25N2Si.C21H20NOSi.3C11H8N.3Ir/c1-21(2)17-23-18-27(31-20-30(23)33(3,4)5)22-15-16-26-25-13-9-10-14-28(25)32(29(26)19-22)24-11-7-6-8-12-24;1-6-25-21-13-8-7-10-17(21)18-11-9-12-19(23(18)25)20-14-16(2)22(15-24-20)26(3,4)5;1-14-12-18(22-13-20(14)24(2,3)4)17-10-7-9-16-15-8-5-6-11-19(15)23-21(16)17;3*1-2-6-10(7-3-1)11-8-4-5-9-12-11;;;/h6-14,16,18-21H,17H2,1-5H3;7-11,13-15H,6H2,1-5H3;5-9,11-13H,1-4H3;3*1-6,8-9H;;;/q6*-1;;;. The molecule has 0 N–H and O–H groups in total. The predicted octanol–water partition coefficient (Wildman–Crippen LogP) is 25.9. The van der Waals surface area contributed by atoms with Crippen molar-refractivity contribution in [2.75, 3.05) is 0 Å². The molecule has 15 heteroatoms. The summed E-state index contributed by atoms with van der Waals surface area (Å²) in [6.45, 7) is 33.5. The molecule has 0 amide bonds. The molecule has 0 saturated heterocycles. The fraction of sp³-hybridized carbons (Fsp3) is 0.159. The van der Waals surface area contributed by atoms with Gasteiger partial charge in [-0.3, -0.25) is 0 Å². The van der Waals surface area contributed by atoms with Crippen molar-refractivity contribution in [2.45, 2.75) is 107 Å². The number of aromatic nitrogens is 8. The zero-order valence-corrected chi connectivity index (χ0v) is 81.8. The summed E-state index contributed by atoms with van der Waals surface area (Å²) in [5, 5.41) is 11.6. The molecule has 9 aromatic heterocycles. The van der Waals surface area contributed by atoms with Crippen LogP contribution in [-0.4, -0.2) is 63.3 Å². The van der Waals surface area contributed by atoms with Crippen LogP contribution < -0.4 is 15.6 Å². The second-order valence-corrected chi connectivity index (χ2v) is 48.3. The first kappa shape index (κ1) is 91.8. The van der Waals surface area contributed by atoms with Crippen molar-refractivity contribution in [1.29, 1.82) is 0 Å². The molecule has 9 heterocycles. The number of nitrogens with zero attached hydrogens (tertiary/aromatic N) is 8. The molecule has 3 radical (unpaired) electrons. The van der Waals surface area contributed by atoms with E-state index in [-0.39, 0.29) is 60.3 Å². The first-order valence-corrected chi connectivity index (χ1v) is 51.4. The molecule has 122 heavy (non-hydrogen) atoms. The topological polar surface area (TPSA) is 100 Å². The Morgan fingerprint density at radius 3 is 1.28 bits per heavy atom. The van der Waals surface area contributed by atoms with Crippen LogP contribution in [0.15, 0.2) is 327 Å². The second kappa shape index (κ2) is 41.8. The van der Waals surface area contributed by atoms with Crippen molar-refractivity contribution in [2.24, 2.45) is 5.92 Å². The maximum Gasteiger partial charge on any atom is 0.120 e. The van der Waals surface area contributed by atoms with E-state index in [1.54, 1.807) is 18.6 Å². The van der Waals surface area contributed by atoms with E-state index in [9.17, 15) is 0 Å². The number of benzene rings is 10. The van der Waals surface area contributed by atoms with Crippen molar-refractivity contribution in [3.63, 3.8) is 0 Å². The molecule has 19 rings (SSSR count). The number of hydrogen-bond acceptors (Lipinski definition) is 7. The van der Waals surface area contributed by atoms with Crippen molar-refractivity contribution in [1.82, 2.24) is 39.0 Å². The zero-order valence-electron chi connectivity index (χ0n) is 71.6. The quantitative estimate of drug-likeness (QED) is 0.0837. The first-order chi connectivity index (χ1) is 57.6. The predicted molar refractivity (Wildman–Crippen MR) is 508 cm³/mol. The summed E-state index contributed by atoms with van der Waals surface area (Å²) in [6.07, 6.45) is 12.7. The van der Waals surface area contributed by atoms with E-state index in [2.05, 4.69) is 294 Å². The van der Waals surface area contributed by atoms with Crippen LogP contribution in [0.2, 0.25) is 58.9 Å². The third-order valence-electron chi connectivity index (χ3n) is 21.0. The minimum atomic E-state index is -1.46. The minimum Gasteiger partial charge on any atom is -0.501 e. The molecule has 0 aliphatic heterocycles. The maximum atomic E-state index is 6.11. The van der Waals surface area contributed by atoms with Gasteiger partial charge < -0.3 is 43.5 Å². The molecule has 0 saturated carbocycles. The molecule has 0 atom stereocenters. The van der Waals surface area contributed by atoms with Crippen molar-refractivity contribution in [3.8, 4) is 73.2 Å². The Kier molecular flexibility index (Phi) is 31.5. The van der Waals surface area contributed by atoms with E-state index in [0.717, 1.165) is 102 Å². The van der Waals surface area contributed by atoms with E-state index in [1.807, 2.05) is 164 Å². The van der Waals surface area contributed by atoms with E-state index in [4.69, 9.17) is 19.4 Å². The number of para-hydroxylation sites is 4. The van der Waals surface area contributed by atoms with E-state index >= 15 is 0 Å². The summed E-state index contributed by atoms with van der Waals surface area (Å²) in [4.78, 5) is 27.2. The van der Waals surface area contributed by atoms with Gasteiger partial charge in [-0.05, 0) is 153 Å². The van der Waals surface area contributed by atoms with Crippen LogP contribution >= 0.6 is 0 Å². The number of hydrogen-bond donors (Lipinski definition) is 0. The molecular formula is C107H100Ir3N8OSi3-6. The molecule has 0 spiro atoms. The SMILES string of the molecule is CC(C)Cc1cc(-c2[c-]cc3c4ccccc4n(-c4ccccc4)c3c2)ncc1[Si](C)(C)C.CCn1c2ccccc2c2cc[c-]c(-c3cc(C)c([Si](C)(C)C)cn3)c21.Cc1cc(-c2[c-]ccc3c2oc2ccccc23)ncc1[Si](C)(C)C.[Ir].[Ir].[Ir].[c-]1ccccc1-c1ccccn1.[c-]1ccccc1-c1ccccn1.[c-]1ccccc1-c1ccccn1. The average molecular weight is 2170 g/mol. The summed E-state index contributed by atoms with van der Waals surface area (Å²) in [6, 6.07) is 116. The van der Waals surface area contributed by atoms with Gasteiger partial charge in [0.15, 0.2) is 0 Å². The fourth-order valence-electron chi connectivity index (χ4n) is 15.5. The maximum absolute atomic E-state index is 6.11. The summed E-state index contributed by atoms with van der Waals surface area (Å²) < 4.78 is 10.9. The van der Waals surface area contributed by atoms with Gasteiger partial charge in [0.2, 0.25) is 0 Å². The van der Waals surface area contributed by atoms with Crippen molar-refractivity contribution < 1.29 is 64.7 Å². The Bertz CT molecular complexity index is 6320. The van der Waals surface area contributed by atoms with Gasteiger partial charge in [-0.2, -0.15) is 0 Å². The monoisotopic (exact) mass is 2180 g/mol. The van der Waals surface area contributed by atoms with Gasteiger partial charge in [0.05, 0.1) is 29.8 Å². The summed E-state index contributed by atoms with van der Waals surface area (Å²) in [5.41, 5.74) is 24.1. The molecule has 0 aliphatic rings. The van der Waals surface area contributed by atoms with E-state index in [1.165, 1.54) is 81.5 Å². The summed E-state index contributed by atoms with van der Waals surface area (Å²) >= 11 is 0. The van der Waals surface area contributed by atoms with Crippen LogP contribution in [0.5, 0.6) is 0 Å². The Labute approximate surface area is 763 Å². The van der Waals surface area contributed by atoms with Gasteiger partial charge >= 0.3 is 0 Å². The first-order valence-electron chi connectivity index (χ1n) is 40.9. The van der Waals surface area contributed by atoms with Crippen LogP contribution in [0.4, 0.5) is 0 Å². The average Bonchev–Trinajstić information content (AvgIpc) is 1.59. The number of rotatable bonds is 13. The smallest absolute Gasteiger partial charge is 0.120 e. The summed E-state index contributed by atoms with van der Waals surface area (Å²) in [5.74, 6) is 0.613. The van der Waals surface area contributed by atoms with Crippen molar-refractivity contribution in [3.05, 3.63) is 375 Å². The van der Waals surface area contributed by atoms with Crippen molar-refractivity contribution >= 4 is 105 Å². The number of fused-ring (bicyclic) bond motifs is 9.